The van der Waals surface area contributed by atoms with Gasteiger partial charge in [-0.1, -0.05) is 18.2 Å². The highest BCUT2D eigenvalue weighted by atomic mass is 19.1. The quantitative estimate of drug-likeness (QED) is 0.652. The molecule has 6 nitrogen and oxygen atoms in total. The lowest BCUT2D eigenvalue weighted by Gasteiger charge is -2.23. The zero-order chi connectivity index (χ0) is 21.3. The summed E-state index contributed by atoms with van der Waals surface area (Å²) < 4.78 is 23.9. The monoisotopic (exact) mass is 414 g/mol. The fourth-order valence-electron chi connectivity index (χ4n) is 3.49. The van der Waals surface area contributed by atoms with Gasteiger partial charge in [0.15, 0.2) is 0 Å². The average molecular weight is 414 g/mol. The largest absolute Gasteiger partial charge is 0.496 e. The van der Waals surface area contributed by atoms with Crippen LogP contribution in [0.25, 0.3) is 0 Å². The molecule has 0 aromatic heterocycles. The predicted octanol–water partition coefficient (Wildman–Crippen LogP) is 3.37. The van der Waals surface area contributed by atoms with Crippen molar-refractivity contribution in [2.45, 2.75) is 19.3 Å². The zero-order valence-corrected chi connectivity index (χ0v) is 17.2. The van der Waals surface area contributed by atoms with E-state index in [1.807, 2.05) is 12.1 Å². The summed E-state index contributed by atoms with van der Waals surface area (Å²) in [5.41, 5.74) is 0.536. The lowest BCUT2D eigenvalue weighted by Crippen LogP contribution is -2.37. The number of amides is 2. The summed E-state index contributed by atoms with van der Waals surface area (Å²) in [6, 6.07) is 13.1. The Bertz CT molecular complexity index is 874. The number of carbonyl (C=O) groups is 2. The normalized spacial score (nSPS) is 14.2. The van der Waals surface area contributed by atoms with Crippen LogP contribution in [0.3, 0.4) is 0 Å². The molecule has 1 aliphatic rings. The number of ether oxygens (including phenoxy) is 2. The number of benzene rings is 2. The van der Waals surface area contributed by atoms with Gasteiger partial charge in [0.1, 0.15) is 17.3 Å². The fourth-order valence-corrected chi connectivity index (χ4v) is 3.49. The van der Waals surface area contributed by atoms with Crippen LogP contribution in [-0.2, 0) is 4.79 Å². The first-order valence-electron chi connectivity index (χ1n) is 10.2. The lowest BCUT2D eigenvalue weighted by atomic mass is 10.1. The number of para-hydroxylation sites is 1. The second-order valence-electron chi connectivity index (χ2n) is 7.14. The van der Waals surface area contributed by atoms with Crippen molar-refractivity contribution < 1.29 is 23.5 Å². The third kappa shape index (κ3) is 5.72. The van der Waals surface area contributed by atoms with Gasteiger partial charge in [-0.05, 0) is 37.1 Å². The van der Waals surface area contributed by atoms with Crippen molar-refractivity contribution in [3.05, 3.63) is 59.9 Å². The van der Waals surface area contributed by atoms with E-state index in [-0.39, 0.29) is 17.6 Å². The first kappa shape index (κ1) is 21.6. The molecule has 1 heterocycles. The maximum absolute atomic E-state index is 13.1. The molecule has 7 heteroatoms. The SMILES string of the molecule is COc1ccccc1C(=O)N1CCCN(C(=O)CCCOc2cccc(F)c2)CC1. The molecule has 0 unspecified atom stereocenters. The predicted molar refractivity (Wildman–Crippen MR) is 111 cm³/mol. The Labute approximate surface area is 176 Å². The third-order valence-corrected chi connectivity index (χ3v) is 5.07. The summed E-state index contributed by atoms with van der Waals surface area (Å²) >= 11 is 0. The van der Waals surface area contributed by atoms with E-state index in [2.05, 4.69) is 0 Å². The zero-order valence-electron chi connectivity index (χ0n) is 17.2. The topological polar surface area (TPSA) is 59.1 Å². The van der Waals surface area contributed by atoms with E-state index in [1.54, 1.807) is 41.2 Å². The molecule has 0 spiro atoms. The highest BCUT2D eigenvalue weighted by Gasteiger charge is 2.24. The molecule has 2 amide bonds. The molecule has 0 bridgehead atoms. The van der Waals surface area contributed by atoms with Crippen molar-refractivity contribution in [2.75, 3.05) is 39.9 Å². The van der Waals surface area contributed by atoms with Crippen LogP contribution >= 0.6 is 0 Å². The Morgan fingerprint density at radius 1 is 1.00 bits per heavy atom. The van der Waals surface area contributed by atoms with E-state index in [0.29, 0.717) is 62.7 Å². The van der Waals surface area contributed by atoms with Crippen LogP contribution in [0.2, 0.25) is 0 Å². The summed E-state index contributed by atoms with van der Waals surface area (Å²) in [6.45, 7) is 2.57. The van der Waals surface area contributed by atoms with Crippen LogP contribution in [0.15, 0.2) is 48.5 Å². The molecule has 1 fully saturated rings. The third-order valence-electron chi connectivity index (χ3n) is 5.07. The summed E-state index contributed by atoms with van der Waals surface area (Å²) in [4.78, 5) is 29.0. The number of carbonyl (C=O) groups excluding carboxylic acids is 2. The molecular weight excluding hydrogens is 387 g/mol. The van der Waals surface area contributed by atoms with E-state index in [0.717, 1.165) is 6.42 Å². The van der Waals surface area contributed by atoms with Crippen molar-refractivity contribution in [1.82, 2.24) is 9.80 Å². The van der Waals surface area contributed by atoms with Gasteiger partial charge >= 0.3 is 0 Å². The molecule has 160 valence electrons. The molecule has 0 N–H and O–H groups in total. The average Bonchev–Trinajstić information content (AvgIpc) is 3.02. The van der Waals surface area contributed by atoms with E-state index < -0.39 is 0 Å². The number of hydrogen-bond acceptors (Lipinski definition) is 4. The Kier molecular flexibility index (Phi) is 7.65. The van der Waals surface area contributed by atoms with Gasteiger partial charge in [0.05, 0.1) is 19.3 Å². The minimum Gasteiger partial charge on any atom is -0.496 e. The maximum Gasteiger partial charge on any atom is 0.257 e. The second-order valence-corrected chi connectivity index (χ2v) is 7.14. The van der Waals surface area contributed by atoms with Crippen molar-refractivity contribution >= 4 is 11.8 Å². The molecule has 0 saturated carbocycles. The Hall–Kier alpha value is -3.09. The van der Waals surface area contributed by atoms with E-state index >= 15 is 0 Å². The van der Waals surface area contributed by atoms with Gasteiger partial charge in [-0.3, -0.25) is 9.59 Å². The number of rotatable bonds is 7. The molecule has 0 aliphatic carbocycles. The molecule has 0 atom stereocenters. The molecule has 1 saturated heterocycles. The van der Waals surface area contributed by atoms with E-state index in [1.165, 1.54) is 12.1 Å². The van der Waals surface area contributed by atoms with Crippen molar-refractivity contribution in [2.24, 2.45) is 0 Å². The first-order chi connectivity index (χ1) is 14.6. The Morgan fingerprint density at radius 2 is 1.77 bits per heavy atom. The van der Waals surface area contributed by atoms with Crippen LogP contribution in [0.5, 0.6) is 11.5 Å². The van der Waals surface area contributed by atoms with Gasteiger partial charge in [0, 0.05) is 38.7 Å². The van der Waals surface area contributed by atoms with Crippen molar-refractivity contribution in [3.8, 4) is 11.5 Å². The standard InChI is InChI=1S/C23H27FN2O4/c1-29-21-10-3-2-9-20(21)23(28)26-13-6-12-25(14-15-26)22(27)11-5-16-30-19-8-4-7-18(24)17-19/h2-4,7-10,17H,5-6,11-16H2,1H3. The summed E-state index contributed by atoms with van der Waals surface area (Å²) in [5, 5.41) is 0. The molecule has 3 rings (SSSR count). The van der Waals surface area contributed by atoms with Gasteiger partial charge in [-0.15, -0.1) is 0 Å². The van der Waals surface area contributed by atoms with Crippen molar-refractivity contribution in [1.29, 1.82) is 0 Å². The number of halogens is 1. The first-order valence-corrected chi connectivity index (χ1v) is 10.2. The van der Waals surface area contributed by atoms with Gasteiger partial charge in [0.25, 0.3) is 5.91 Å². The van der Waals surface area contributed by atoms with Crippen LogP contribution in [0.1, 0.15) is 29.6 Å². The van der Waals surface area contributed by atoms with Gasteiger partial charge in [-0.2, -0.15) is 0 Å². The summed E-state index contributed by atoms with van der Waals surface area (Å²) in [5.74, 6) is 0.635. The van der Waals surface area contributed by atoms with E-state index in [4.69, 9.17) is 9.47 Å². The highest BCUT2D eigenvalue weighted by Crippen LogP contribution is 2.20. The van der Waals surface area contributed by atoms with Crippen LogP contribution < -0.4 is 9.47 Å². The smallest absolute Gasteiger partial charge is 0.257 e. The van der Waals surface area contributed by atoms with Gasteiger partial charge in [0.2, 0.25) is 5.91 Å². The van der Waals surface area contributed by atoms with Gasteiger partial charge < -0.3 is 19.3 Å². The highest BCUT2D eigenvalue weighted by molar-refractivity contribution is 5.97. The van der Waals surface area contributed by atoms with Crippen LogP contribution in [-0.4, -0.2) is 61.5 Å². The maximum atomic E-state index is 13.1. The van der Waals surface area contributed by atoms with Gasteiger partial charge in [-0.25, -0.2) is 4.39 Å². The fraction of sp³-hybridized carbons (Fsp3) is 0.391. The van der Waals surface area contributed by atoms with Crippen LogP contribution in [0, 0.1) is 5.82 Å². The molecular formula is C23H27FN2O4. The second kappa shape index (κ2) is 10.6. The Balaban J connectivity index is 1.46. The van der Waals surface area contributed by atoms with E-state index in [9.17, 15) is 14.0 Å². The Morgan fingerprint density at radius 3 is 2.57 bits per heavy atom. The van der Waals surface area contributed by atoms with Crippen LogP contribution in [0.4, 0.5) is 4.39 Å². The molecule has 2 aromatic rings. The van der Waals surface area contributed by atoms with Crippen molar-refractivity contribution in [3.63, 3.8) is 0 Å². The summed E-state index contributed by atoms with van der Waals surface area (Å²) in [6.07, 6.45) is 1.64. The molecule has 2 aromatic carbocycles. The number of nitrogens with zero attached hydrogens (tertiary/aromatic N) is 2. The molecule has 0 radical (unpaired) electrons. The minimum atomic E-state index is -0.347. The summed E-state index contributed by atoms with van der Waals surface area (Å²) in [7, 11) is 1.55. The molecule has 1 aliphatic heterocycles. The number of methoxy groups -OCH3 is 1. The molecule has 30 heavy (non-hydrogen) atoms. The number of hydrogen-bond donors (Lipinski definition) is 0. The minimum absolute atomic E-state index is 0.0458. The lowest BCUT2D eigenvalue weighted by molar-refractivity contribution is -0.131.